The summed E-state index contributed by atoms with van der Waals surface area (Å²) in [6.07, 6.45) is 0. The van der Waals surface area contributed by atoms with Crippen LogP contribution in [0.3, 0.4) is 0 Å². The van der Waals surface area contributed by atoms with Crippen molar-refractivity contribution in [2.45, 2.75) is 6.92 Å². The smallest absolute Gasteiger partial charge is 0.272 e. The minimum atomic E-state index is -0.513. The fourth-order valence-electron chi connectivity index (χ4n) is 2.88. The van der Waals surface area contributed by atoms with Gasteiger partial charge in [-0.05, 0) is 35.0 Å². The Balaban J connectivity index is 1.67. The summed E-state index contributed by atoms with van der Waals surface area (Å²) in [5.74, 6) is -1.25. The summed E-state index contributed by atoms with van der Waals surface area (Å²) in [4.78, 5) is 42.1. The minimum Gasteiger partial charge on any atom is -0.313 e. The molecule has 0 fully saturated rings. The number of amides is 3. The molecule has 150 valence electrons. The number of carbonyl (C=O) groups is 3. The van der Waals surface area contributed by atoms with Crippen LogP contribution in [0.15, 0.2) is 59.3 Å². The van der Waals surface area contributed by atoms with E-state index in [2.05, 4.69) is 21.2 Å². The largest absolute Gasteiger partial charge is 0.313 e. The fraction of sp³-hybridized carbons (Fsp3) is 0.0476. The van der Waals surface area contributed by atoms with E-state index in [4.69, 9.17) is 0 Å². The van der Waals surface area contributed by atoms with E-state index in [9.17, 15) is 14.4 Å². The molecule has 4 aromatic rings. The van der Waals surface area contributed by atoms with E-state index in [0.29, 0.717) is 21.8 Å². The molecular formula is C21H16N4O3S2. The highest BCUT2D eigenvalue weighted by molar-refractivity contribution is 7.14. The van der Waals surface area contributed by atoms with Crippen LogP contribution < -0.4 is 16.2 Å². The van der Waals surface area contributed by atoms with Gasteiger partial charge in [0.1, 0.15) is 5.00 Å². The Morgan fingerprint density at radius 3 is 2.47 bits per heavy atom. The molecule has 0 aliphatic carbocycles. The molecule has 0 radical (unpaired) electrons. The number of anilines is 1. The molecule has 1 aromatic carbocycles. The number of hydrogen-bond donors (Lipinski definition) is 3. The molecule has 3 amide bonds. The zero-order valence-electron chi connectivity index (χ0n) is 15.8. The molecule has 0 unspecified atom stereocenters. The maximum atomic E-state index is 13.2. The number of thiophene rings is 2. The molecule has 0 aliphatic rings. The lowest BCUT2D eigenvalue weighted by Gasteiger charge is -2.11. The molecule has 7 nitrogen and oxygen atoms in total. The third kappa shape index (κ3) is 4.07. The van der Waals surface area contributed by atoms with Crippen LogP contribution in [0.1, 0.15) is 27.6 Å². The van der Waals surface area contributed by atoms with E-state index in [1.54, 1.807) is 28.8 Å². The molecule has 0 aliphatic heterocycles. The second kappa shape index (κ2) is 8.44. The minimum absolute atomic E-state index is 0.263. The number of carbonyl (C=O) groups excluding carboxylic acids is 3. The highest BCUT2D eigenvalue weighted by Crippen LogP contribution is 2.29. The first-order valence-electron chi connectivity index (χ1n) is 8.92. The van der Waals surface area contributed by atoms with Gasteiger partial charge in [-0.25, -0.2) is 4.98 Å². The SMILES string of the molecule is CC(=O)NNC(=O)c1ccsc1NC(=O)c1cc(-c2cccs2)nc2ccccc12. The second-order valence-electron chi connectivity index (χ2n) is 6.30. The van der Waals surface area contributed by atoms with Crippen molar-refractivity contribution in [3.63, 3.8) is 0 Å². The standard InChI is InChI=1S/C21H16N4O3S2/c1-12(26)24-25-20(28)14-8-10-30-21(14)23-19(27)15-11-17(18-7-4-9-29-18)22-16-6-3-2-5-13(15)16/h2-11H,1H3,(H,23,27)(H,24,26)(H,25,28). The number of hydrazine groups is 1. The molecule has 3 heterocycles. The number of nitrogens with zero attached hydrogens (tertiary/aromatic N) is 1. The summed E-state index contributed by atoms with van der Waals surface area (Å²) in [6, 6.07) is 14.7. The van der Waals surface area contributed by atoms with Gasteiger partial charge >= 0.3 is 0 Å². The van der Waals surface area contributed by atoms with Crippen LogP contribution in [0, 0.1) is 0 Å². The van der Waals surface area contributed by atoms with Gasteiger partial charge < -0.3 is 5.32 Å². The normalized spacial score (nSPS) is 10.6. The van der Waals surface area contributed by atoms with E-state index in [1.807, 2.05) is 41.8 Å². The number of benzene rings is 1. The van der Waals surface area contributed by atoms with Crippen LogP contribution in [-0.2, 0) is 4.79 Å². The molecule has 4 rings (SSSR count). The number of para-hydroxylation sites is 1. The quantitative estimate of drug-likeness (QED) is 0.420. The van der Waals surface area contributed by atoms with Gasteiger partial charge in [0, 0.05) is 12.3 Å². The van der Waals surface area contributed by atoms with Crippen molar-refractivity contribution in [1.82, 2.24) is 15.8 Å². The van der Waals surface area contributed by atoms with E-state index >= 15 is 0 Å². The lowest BCUT2D eigenvalue weighted by Crippen LogP contribution is -2.40. The van der Waals surface area contributed by atoms with Crippen molar-refractivity contribution >= 4 is 56.3 Å². The van der Waals surface area contributed by atoms with Crippen molar-refractivity contribution in [3.8, 4) is 10.6 Å². The summed E-state index contributed by atoms with van der Waals surface area (Å²) in [6.45, 7) is 1.29. The summed E-state index contributed by atoms with van der Waals surface area (Å²) in [5, 5.41) is 7.58. The van der Waals surface area contributed by atoms with Crippen molar-refractivity contribution in [2.24, 2.45) is 0 Å². The van der Waals surface area contributed by atoms with Crippen LogP contribution in [0.5, 0.6) is 0 Å². The second-order valence-corrected chi connectivity index (χ2v) is 8.17. The summed E-state index contributed by atoms with van der Waals surface area (Å²) in [5.41, 5.74) is 6.69. The Kier molecular flexibility index (Phi) is 5.55. The molecule has 3 aromatic heterocycles. The summed E-state index contributed by atoms with van der Waals surface area (Å²) < 4.78 is 0. The third-order valence-electron chi connectivity index (χ3n) is 4.22. The molecule has 30 heavy (non-hydrogen) atoms. The van der Waals surface area contributed by atoms with Gasteiger partial charge in [0.2, 0.25) is 5.91 Å². The average Bonchev–Trinajstić information content (AvgIpc) is 3.43. The van der Waals surface area contributed by atoms with Crippen LogP contribution in [0.2, 0.25) is 0 Å². The van der Waals surface area contributed by atoms with Gasteiger partial charge in [-0.3, -0.25) is 25.2 Å². The summed E-state index contributed by atoms with van der Waals surface area (Å²) >= 11 is 2.77. The molecule has 3 N–H and O–H groups in total. The van der Waals surface area contributed by atoms with Crippen LogP contribution in [0.25, 0.3) is 21.5 Å². The Bertz CT molecular complexity index is 1250. The number of aromatic nitrogens is 1. The van der Waals surface area contributed by atoms with Crippen LogP contribution in [0.4, 0.5) is 5.00 Å². The molecule has 0 atom stereocenters. The molecule has 9 heteroatoms. The molecule has 0 saturated heterocycles. The number of rotatable bonds is 4. The topological polar surface area (TPSA) is 100 Å². The van der Waals surface area contributed by atoms with Crippen molar-refractivity contribution in [1.29, 1.82) is 0 Å². The Labute approximate surface area is 179 Å². The monoisotopic (exact) mass is 436 g/mol. The highest BCUT2D eigenvalue weighted by Gasteiger charge is 2.19. The third-order valence-corrected chi connectivity index (χ3v) is 5.95. The van der Waals surface area contributed by atoms with Crippen molar-refractivity contribution < 1.29 is 14.4 Å². The van der Waals surface area contributed by atoms with E-state index in [1.165, 1.54) is 18.3 Å². The molecular weight excluding hydrogens is 420 g/mol. The average molecular weight is 437 g/mol. The predicted molar refractivity (Wildman–Crippen MR) is 119 cm³/mol. The predicted octanol–water partition coefficient (Wildman–Crippen LogP) is 4.06. The van der Waals surface area contributed by atoms with E-state index < -0.39 is 11.8 Å². The van der Waals surface area contributed by atoms with E-state index in [-0.39, 0.29) is 11.5 Å². The molecule has 0 bridgehead atoms. The molecule has 0 spiro atoms. The van der Waals surface area contributed by atoms with Crippen LogP contribution >= 0.6 is 22.7 Å². The first-order valence-corrected chi connectivity index (χ1v) is 10.7. The fourth-order valence-corrected chi connectivity index (χ4v) is 4.35. The van der Waals surface area contributed by atoms with Crippen LogP contribution in [-0.4, -0.2) is 22.7 Å². The zero-order chi connectivity index (χ0) is 21.1. The number of nitrogens with one attached hydrogen (secondary N) is 3. The summed E-state index contributed by atoms with van der Waals surface area (Å²) in [7, 11) is 0. The van der Waals surface area contributed by atoms with Gasteiger partial charge in [-0.15, -0.1) is 22.7 Å². The highest BCUT2D eigenvalue weighted by atomic mass is 32.1. The van der Waals surface area contributed by atoms with Crippen molar-refractivity contribution in [3.05, 3.63) is 70.4 Å². The lowest BCUT2D eigenvalue weighted by molar-refractivity contribution is -0.119. The Hall–Kier alpha value is -3.56. The first kappa shape index (κ1) is 19.7. The first-order chi connectivity index (χ1) is 14.5. The van der Waals surface area contributed by atoms with Crippen molar-refractivity contribution in [2.75, 3.05) is 5.32 Å². The maximum Gasteiger partial charge on any atom is 0.272 e. The number of hydrogen-bond acceptors (Lipinski definition) is 6. The van der Waals surface area contributed by atoms with Gasteiger partial charge in [0.25, 0.3) is 11.8 Å². The van der Waals surface area contributed by atoms with Gasteiger partial charge in [0.15, 0.2) is 0 Å². The Morgan fingerprint density at radius 2 is 1.70 bits per heavy atom. The number of pyridine rings is 1. The maximum absolute atomic E-state index is 13.2. The molecule has 0 saturated carbocycles. The van der Waals surface area contributed by atoms with E-state index in [0.717, 1.165) is 10.3 Å². The van der Waals surface area contributed by atoms with Gasteiger partial charge in [0.05, 0.1) is 27.2 Å². The lowest BCUT2D eigenvalue weighted by atomic mass is 10.1. The Morgan fingerprint density at radius 1 is 0.867 bits per heavy atom. The van der Waals surface area contributed by atoms with Gasteiger partial charge in [-0.1, -0.05) is 24.3 Å². The van der Waals surface area contributed by atoms with Gasteiger partial charge in [-0.2, -0.15) is 0 Å². The zero-order valence-corrected chi connectivity index (χ0v) is 17.4. The number of fused-ring (bicyclic) bond motifs is 1.